The largest absolute Gasteiger partial charge is 0.340 e. The fraction of sp³-hybridized carbons (Fsp3) is 0.517. The summed E-state index contributed by atoms with van der Waals surface area (Å²) in [7, 11) is 1.75. The van der Waals surface area contributed by atoms with Crippen LogP contribution < -0.4 is 0 Å². The van der Waals surface area contributed by atoms with Crippen molar-refractivity contribution in [2.75, 3.05) is 33.2 Å². The molecule has 0 spiro atoms. The van der Waals surface area contributed by atoms with Crippen molar-refractivity contribution in [2.24, 2.45) is 10.9 Å². The molecule has 5 heteroatoms. The highest BCUT2D eigenvalue weighted by atomic mass is 19.1. The molecule has 4 nitrogen and oxygen atoms in total. The van der Waals surface area contributed by atoms with Gasteiger partial charge in [-0.3, -0.25) is 14.7 Å². The molecule has 1 atom stereocenters. The lowest BCUT2D eigenvalue weighted by molar-refractivity contribution is -0.133. The molecular formula is C29H42FN3O. The summed E-state index contributed by atoms with van der Waals surface area (Å²) in [6.07, 6.45) is 10.6. The van der Waals surface area contributed by atoms with Crippen molar-refractivity contribution in [1.82, 2.24) is 9.80 Å². The van der Waals surface area contributed by atoms with Gasteiger partial charge in [-0.15, -0.1) is 0 Å². The average Bonchev–Trinajstić information content (AvgIpc) is 2.82. The Balaban J connectivity index is 0.000000242. The van der Waals surface area contributed by atoms with Gasteiger partial charge in [0.15, 0.2) is 0 Å². The van der Waals surface area contributed by atoms with Crippen molar-refractivity contribution in [3.63, 3.8) is 0 Å². The molecule has 3 rings (SSSR count). The minimum Gasteiger partial charge on any atom is -0.340 e. The highest BCUT2D eigenvalue weighted by Gasteiger charge is 2.33. The van der Waals surface area contributed by atoms with E-state index in [-0.39, 0.29) is 17.3 Å². The van der Waals surface area contributed by atoms with E-state index in [1.54, 1.807) is 19.2 Å². The molecule has 1 amide bonds. The summed E-state index contributed by atoms with van der Waals surface area (Å²) in [5.41, 5.74) is 4.59. The van der Waals surface area contributed by atoms with Crippen molar-refractivity contribution in [2.45, 2.75) is 59.9 Å². The smallest absolute Gasteiger partial charge is 0.222 e. The van der Waals surface area contributed by atoms with Crippen molar-refractivity contribution >= 4 is 11.6 Å². The Morgan fingerprint density at radius 1 is 1.18 bits per heavy atom. The standard InChI is InChI=1S/C15H24N2O.C14H18FN/c1-4-14(18)16-8-10-17(11-9-16)15(3)7-5-6-13(2)12-15;1-10(2)11(3)9-14(16-4)12-5-7-13(15)8-6-12/h5-6,12H,4,7-11H2,1-3H3;5-10H,1-4H3/b;11-9+,16-14?. The maximum atomic E-state index is 12.8. The first-order chi connectivity index (χ1) is 16.1. The zero-order chi connectivity index (χ0) is 25.3. The van der Waals surface area contributed by atoms with Gasteiger partial charge in [0.2, 0.25) is 5.91 Å². The summed E-state index contributed by atoms with van der Waals surface area (Å²) in [4.78, 5) is 20.4. The highest BCUT2D eigenvalue weighted by Crippen LogP contribution is 2.28. The molecular weight excluding hydrogens is 425 g/mol. The first-order valence-electron chi connectivity index (χ1n) is 12.4. The number of benzene rings is 1. The van der Waals surface area contributed by atoms with Crippen LogP contribution in [0.5, 0.6) is 0 Å². The van der Waals surface area contributed by atoms with E-state index in [1.165, 1.54) is 23.3 Å². The summed E-state index contributed by atoms with van der Waals surface area (Å²) in [6, 6.07) is 6.42. The fourth-order valence-electron chi connectivity index (χ4n) is 4.27. The van der Waals surface area contributed by atoms with Crippen molar-refractivity contribution in [1.29, 1.82) is 0 Å². The van der Waals surface area contributed by atoms with Crippen LogP contribution in [0.4, 0.5) is 4.39 Å². The van der Waals surface area contributed by atoms with Gasteiger partial charge in [-0.1, -0.05) is 50.1 Å². The molecule has 1 aliphatic carbocycles. The number of piperazine rings is 1. The molecule has 1 aromatic rings. The van der Waals surface area contributed by atoms with Gasteiger partial charge in [-0.2, -0.15) is 0 Å². The van der Waals surface area contributed by atoms with Gasteiger partial charge in [0.05, 0.1) is 5.71 Å². The number of hydrogen-bond acceptors (Lipinski definition) is 3. The number of aliphatic imine (C=N–C) groups is 1. The minimum atomic E-state index is -0.219. The predicted octanol–water partition coefficient (Wildman–Crippen LogP) is 6.05. The number of amides is 1. The van der Waals surface area contributed by atoms with Gasteiger partial charge in [0, 0.05) is 45.2 Å². The highest BCUT2D eigenvalue weighted by molar-refractivity contribution is 6.09. The lowest BCUT2D eigenvalue weighted by atomic mass is 9.88. The van der Waals surface area contributed by atoms with Crippen LogP contribution in [0.1, 0.15) is 59.9 Å². The van der Waals surface area contributed by atoms with Crippen LogP contribution in [-0.2, 0) is 4.79 Å². The van der Waals surface area contributed by atoms with Gasteiger partial charge >= 0.3 is 0 Å². The molecule has 1 fully saturated rings. The van der Waals surface area contributed by atoms with Crippen molar-refractivity contribution < 1.29 is 9.18 Å². The average molecular weight is 468 g/mol. The van der Waals surface area contributed by atoms with Crippen molar-refractivity contribution in [3.05, 3.63) is 71.1 Å². The molecule has 0 bridgehead atoms. The molecule has 186 valence electrons. The molecule has 1 aromatic carbocycles. The van der Waals surface area contributed by atoms with E-state index in [1.807, 2.05) is 11.8 Å². The zero-order valence-corrected chi connectivity index (χ0v) is 22.1. The SMILES string of the molecule is CCC(=O)N1CCN(C2(C)C=C(C)C=CC2)CC1.CN=C(/C=C(\C)C(C)C)c1ccc(F)cc1. The molecule has 1 unspecified atom stereocenters. The summed E-state index contributed by atoms with van der Waals surface area (Å²) >= 11 is 0. The third kappa shape index (κ3) is 7.76. The maximum Gasteiger partial charge on any atom is 0.222 e. The van der Waals surface area contributed by atoms with Crippen LogP contribution in [0.25, 0.3) is 0 Å². The van der Waals surface area contributed by atoms with Crippen LogP contribution in [0.3, 0.4) is 0 Å². The maximum absolute atomic E-state index is 12.8. The van der Waals surface area contributed by atoms with E-state index >= 15 is 0 Å². The number of rotatable bonds is 5. The Hall–Kier alpha value is -2.53. The fourth-order valence-corrected chi connectivity index (χ4v) is 4.27. The quantitative estimate of drug-likeness (QED) is 0.494. The summed E-state index contributed by atoms with van der Waals surface area (Å²) in [5.74, 6) is 0.566. The molecule has 1 saturated heterocycles. The normalized spacial score (nSPS) is 21.8. The minimum absolute atomic E-state index is 0.139. The summed E-state index contributed by atoms with van der Waals surface area (Å²) < 4.78 is 12.8. The van der Waals surface area contributed by atoms with E-state index < -0.39 is 0 Å². The van der Waals surface area contributed by atoms with E-state index in [0.29, 0.717) is 12.3 Å². The number of allylic oxidation sites excluding steroid dienone is 4. The lowest BCUT2D eigenvalue weighted by Gasteiger charge is -2.45. The van der Waals surface area contributed by atoms with Gasteiger partial charge in [-0.05, 0) is 69.0 Å². The predicted molar refractivity (Wildman–Crippen MR) is 142 cm³/mol. The number of carbonyl (C=O) groups is 1. The number of hydrogen-bond donors (Lipinski definition) is 0. The number of halogens is 1. The van der Waals surface area contributed by atoms with E-state index in [4.69, 9.17) is 0 Å². The molecule has 0 radical (unpaired) electrons. The van der Waals surface area contributed by atoms with E-state index in [9.17, 15) is 9.18 Å². The van der Waals surface area contributed by atoms with Gasteiger partial charge in [0.25, 0.3) is 0 Å². The lowest BCUT2D eigenvalue weighted by Crippen LogP contribution is -2.56. The van der Waals surface area contributed by atoms with Crippen LogP contribution in [0.2, 0.25) is 0 Å². The van der Waals surface area contributed by atoms with E-state index in [2.05, 4.69) is 68.8 Å². The Morgan fingerprint density at radius 3 is 2.29 bits per heavy atom. The van der Waals surface area contributed by atoms with Gasteiger partial charge < -0.3 is 4.90 Å². The Bertz CT molecular complexity index is 935. The molecule has 0 N–H and O–H groups in total. The zero-order valence-electron chi connectivity index (χ0n) is 22.1. The monoisotopic (exact) mass is 467 g/mol. The Labute approximate surface area is 205 Å². The molecule has 0 saturated carbocycles. The topological polar surface area (TPSA) is 35.9 Å². The number of nitrogens with zero attached hydrogens (tertiary/aromatic N) is 3. The first kappa shape index (κ1) is 27.7. The third-order valence-electron chi connectivity index (χ3n) is 6.76. The summed E-state index contributed by atoms with van der Waals surface area (Å²) in [6.45, 7) is 16.5. The summed E-state index contributed by atoms with van der Waals surface area (Å²) in [5, 5.41) is 0. The van der Waals surface area contributed by atoms with E-state index in [0.717, 1.165) is 43.9 Å². The second-order valence-electron chi connectivity index (χ2n) is 9.73. The van der Waals surface area contributed by atoms with Gasteiger partial charge in [0.1, 0.15) is 5.82 Å². The first-order valence-corrected chi connectivity index (χ1v) is 12.4. The molecule has 1 aliphatic heterocycles. The molecule has 1 heterocycles. The Morgan fingerprint density at radius 2 is 1.79 bits per heavy atom. The molecule has 2 aliphatic rings. The molecule has 0 aromatic heterocycles. The van der Waals surface area contributed by atoms with Crippen LogP contribution in [0.15, 0.2) is 64.7 Å². The third-order valence-corrected chi connectivity index (χ3v) is 6.76. The molecule has 34 heavy (non-hydrogen) atoms. The Kier molecular flexibility index (Phi) is 10.4. The van der Waals surface area contributed by atoms with Crippen LogP contribution >= 0.6 is 0 Å². The van der Waals surface area contributed by atoms with Crippen LogP contribution in [-0.4, -0.2) is 60.2 Å². The second kappa shape index (κ2) is 12.8. The number of carbonyl (C=O) groups excluding carboxylic acids is 1. The van der Waals surface area contributed by atoms with Crippen LogP contribution in [0, 0.1) is 11.7 Å². The van der Waals surface area contributed by atoms with Gasteiger partial charge in [-0.25, -0.2) is 4.39 Å². The van der Waals surface area contributed by atoms with Crippen molar-refractivity contribution in [3.8, 4) is 0 Å². The second-order valence-corrected chi connectivity index (χ2v) is 9.73.